The van der Waals surface area contributed by atoms with Crippen LogP contribution < -0.4 is 22.9 Å². The van der Waals surface area contributed by atoms with Crippen LogP contribution in [0.15, 0.2) is 109 Å². The number of likely N-dealkylation sites (N-methyl/N-ethyl adjacent to an activating group) is 2. The van der Waals surface area contributed by atoms with E-state index in [1.807, 2.05) is 0 Å². The first-order valence-electron chi connectivity index (χ1n) is 17.2. The summed E-state index contributed by atoms with van der Waals surface area (Å²) >= 11 is 0. The lowest BCUT2D eigenvalue weighted by Gasteiger charge is -2.32. The van der Waals surface area contributed by atoms with Crippen molar-refractivity contribution in [3.63, 3.8) is 0 Å². The van der Waals surface area contributed by atoms with Crippen molar-refractivity contribution < 1.29 is 28.9 Å². The molecule has 2 aliphatic rings. The predicted octanol–water partition coefficient (Wildman–Crippen LogP) is 6.64. The number of quaternary nitrogens is 2. The lowest BCUT2D eigenvalue weighted by molar-refractivity contribution is -1.92. The van der Waals surface area contributed by atoms with Gasteiger partial charge in [-0.05, 0) is 58.7 Å². The quantitative estimate of drug-likeness (QED) is 0.160. The molecular formula is C41H51ClN2O4+2. The van der Waals surface area contributed by atoms with E-state index in [-0.39, 0.29) is 0 Å². The third-order valence-electron chi connectivity index (χ3n) is 10.5. The number of halogens is 1. The summed E-state index contributed by atoms with van der Waals surface area (Å²) in [5.74, 6) is 0.988. The molecule has 6 nitrogen and oxygen atoms in total. The summed E-state index contributed by atoms with van der Waals surface area (Å²) in [4.78, 5) is 0. The van der Waals surface area contributed by atoms with E-state index < -0.39 is 10.2 Å². The van der Waals surface area contributed by atoms with Crippen LogP contribution in [0, 0.1) is 10.2 Å². The van der Waals surface area contributed by atoms with Crippen molar-refractivity contribution in [3.8, 4) is 0 Å². The minimum Gasteiger partial charge on any atom is -0.290 e. The summed E-state index contributed by atoms with van der Waals surface area (Å²) in [6, 6.07) is 27.7. The van der Waals surface area contributed by atoms with Crippen molar-refractivity contribution in [2.24, 2.45) is 0 Å². The van der Waals surface area contributed by atoms with E-state index in [1.54, 1.807) is 11.1 Å². The molecule has 4 aromatic carbocycles. The molecule has 3 unspecified atom stereocenters. The number of hydrogen-bond donors (Lipinski definition) is 1. The second-order valence-electron chi connectivity index (χ2n) is 14.1. The molecule has 0 bridgehead atoms. The zero-order chi connectivity index (χ0) is 34.7. The lowest BCUT2D eigenvalue weighted by atomic mass is 9.86. The molecule has 7 heteroatoms. The van der Waals surface area contributed by atoms with Crippen LogP contribution in [0.5, 0.6) is 0 Å². The second-order valence-corrected chi connectivity index (χ2v) is 14.9. The fourth-order valence-corrected chi connectivity index (χ4v) is 8.26. The van der Waals surface area contributed by atoms with E-state index in [9.17, 15) is 0 Å². The van der Waals surface area contributed by atoms with Crippen LogP contribution in [0.1, 0.15) is 75.3 Å². The summed E-state index contributed by atoms with van der Waals surface area (Å²) in [6.45, 7) is 4.63. The Morgan fingerprint density at radius 3 is 1.83 bits per heavy atom. The van der Waals surface area contributed by atoms with Gasteiger partial charge in [0.1, 0.15) is 23.1 Å². The molecule has 6 rings (SSSR count). The lowest BCUT2D eigenvalue weighted by Crippen LogP contribution is -2.58. The minimum absolute atomic E-state index is 0.427. The Bertz CT molecular complexity index is 1830. The van der Waals surface area contributed by atoms with Gasteiger partial charge < -0.3 is 0 Å². The van der Waals surface area contributed by atoms with Gasteiger partial charge >= 0.3 is 0 Å². The Kier molecular flexibility index (Phi) is 11.0. The van der Waals surface area contributed by atoms with E-state index in [0.29, 0.717) is 17.9 Å². The first-order valence-corrected chi connectivity index (χ1v) is 18.5. The number of hydrogen-bond acceptors (Lipinski definition) is 4. The number of fused-ring (bicyclic) bond motifs is 6. The van der Waals surface area contributed by atoms with E-state index in [2.05, 4.69) is 145 Å². The average Bonchev–Trinajstić information content (AvgIpc) is 3.40. The highest BCUT2D eigenvalue weighted by Crippen LogP contribution is 2.52. The predicted molar refractivity (Wildman–Crippen MR) is 192 cm³/mol. The number of nitrogens with zero attached hydrogens (tertiary/aromatic N) is 2. The van der Waals surface area contributed by atoms with Gasteiger partial charge in [-0.15, -0.1) is 0 Å². The Hall–Kier alpha value is -3.33. The molecule has 0 saturated carbocycles. The van der Waals surface area contributed by atoms with Crippen LogP contribution >= 0.6 is 0 Å². The largest absolute Gasteiger partial charge is 0.290 e. The molecule has 254 valence electrons. The van der Waals surface area contributed by atoms with Crippen molar-refractivity contribution in [2.75, 3.05) is 28.2 Å². The van der Waals surface area contributed by atoms with Crippen LogP contribution in [0.2, 0.25) is 0 Å². The summed E-state index contributed by atoms with van der Waals surface area (Å²) in [7, 11) is 4.85. The summed E-state index contributed by atoms with van der Waals surface area (Å²) < 4.78 is 34.5. The highest BCUT2D eigenvalue weighted by atomic mass is 35.7. The Balaban J connectivity index is 0.000000840. The van der Waals surface area contributed by atoms with Crippen LogP contribution in [-0.4, -0.2) is 38.9 Å². The standard InChI is InChI=1S/C41H50N2.ClHO4/c1-7-9-20-34-36(42(3,4)38-28-26-30-18-14-16-22-32(30)40(34)38)24-12-11-13-25-37-35(21-10-8-2)41-33-23-17-15-19-31(33)27-29-39(41)43(37,5)6;2-1(3,4)5/h11-19,22-29,34-36H,7-10,20-21H2,1-6H3;(H,2,3,4,5)/q+2;. The Labute approximate surface area is 288 Å². The molecule has 0 spiro atoms. The van der Waals surface area contributed by atoms with Gasteiger partial charge in [-0.2, -0.15) is 14.0 Å². The van der Waals surface area contributed by atoms with Crippen LogP contribution in [0.25, 0.3) is 21.5 Å². The first-order chi connectivity index (χ1) is 22.8. The Morgan fingerprint density at radius 2 is 1.23 bits per heavy atom. The van der Waals surface area contributed by atoms with Crippen molar-refractivity contribution in [1.82, 2.24) is 8.97 Å². The van der Waals surface area contributed by atoms with Crippen LogP contribution in [0.3, 0.4) is 0 Å². The van der Waals surface area contributed by atoms with Gasteiger partial charge in [0.2, 0.25) is 0 Å². The molecule has 0 radical (unpaired) electrons. The van der Waals surface area contributed by atoms with Gasteiger partial charge in [-0.3, -0.25) is 8.97 Å². The Morgan fingerprint density at radius 1 is 0.688 bits per heavy atom. The van der Waals surface area contributed by atoms with E-state index in [0.717, 1.165) is 8.97 Å². The molecule has 0 fully saturated rings. The number of allylic oxidation sites excluding steroid dienone is 5. The summed E-state index contributed by atoms with van der Waals surface area (Å²) in [5, 5.41) is 5.58. The summed E-state index contributed by atoms with van der Waals surface area (Å²) in [6.07, 6.45) is 19.2. The van der Waals surface area contributed by atoms with E-state index in [1.165, 1.54) is 77.1 Å². The first kappa shape index (κ1) is 36.0. The molecule has 4 aromatic rings. The molecule has 2 heterocycles. The van der Waals surface area contributed by atoms with Gasteiger partial charge in [0, 0.05) is 29.2 Å². The monoisotopic (exact) mass is 670 g/mol. The van der Waals surface area contributed by atoms with Crippen molar-refractivity contribution in [2.45, 2.75) is 70.3 Å². The maximum absolute atomic E-state index is 8.60. The molecule has 0 aromatic heterocycles. The SMILES string of the molecule is CCCCC1C(=CC=CC=CC2C(CCCC)c3c(ccc4ccccc34)[N+]2(C)C)[N+](C)(C)c2ccc3ccccc3c21.[O-][Cl+3]([O-])([O-])O. The molecule has 48 heavy (non-hydrogen) atoms. The number of benzene rings is 4. The van der Waals surface area contributed by atoms with E-state index in [4.69, 9.17) is 18.6 Å². The summed E-state index contributed by atoms with van der Waals surface area (Å²) in [5.41, 5.74) is 7.55. The molecule has 0 amide bonds. The molecule has 2 aliphatic heterocycles. The van der Waals surface area contributed by atoms with Crippen LogP contribution in [-0.2, 0) is 0 Å². The zero-order valence-electron chi connectivity index (χ0n) is 29.2. The molecular weight excluding hydrogens is 620 g/mol. The third-order valence-corrected chi connectivity index (χ3v) is 10.5. The highest BCUT2D eigenvalue weighted by molar-refractivity contribution is 5.93. The van der Waals surface area contributed by atoms with Gasteiger partial charge in [-0.1, -0.05) is 106 Å². The molecule has 0 aliphatic carbocycles. The number of unbranched alkanes of at least 4 members (excludes halogenated alkanes) is 2. The van der Waals surface area contributed by atoms with Gasteiger partial charge in [0.15, 0.2) is 0 Å². The normalized spacial score (nSPS) is 22.0. The smallest absolute Gasteiger partial charge is 0.141 e. The molecule has 0 saturated heterocycles. The molecule has 1 N–H and O–H groups in total. The van der Waals surface area contributed by atoms with Gasteiger partial charge in [-0.25, -0.2) is 0 Å². The minimum atomic E-state index is -4.69. The number of rotatable bonds is 9. The van der Waals surface area contributed by atoms with Crippen molar-refractivity contribution >= 4 is 32.9 Å². The molecule has 3 atom stereocenters. The van der Waals surface area contributed by atoms with Gasteiger partial charge in [0.05, 0.1) is 49.0 Å². The maximum atomic E-state index is 8.60. The van der Waals surface area contributed by atoms with Crippen molar-refractivity contribution in [3.05, 3.63) is 120 Å². The average molecular weight is 671 g/mol. The fourth-order valence-electron chi connectivity index (χ4n) is 8.26. The second kappa shape index (κ2) is 14.7. The van der Waals surface area contributed by atoms with Crippen molar-refractivity contribution in [1.29, 1.82) is 0 Å². The topological polar surface area (TPSA) is 89.4 Å². The van der Waals surface area contributed by atoms with Gasteiger partial charge in [0.25, 0.3) is 0 Å². The zero-order valence-corrected chi connectivity index (χ0v) is 30.0. The maximum Gasteiger partial charge on any atom is 0.141 e. The fraction of sp³-hybridized carbons (Fsp3) is 0.366. The highest BCUT2D eigenvalue weighted by Gasteiger charge is 2.47. The van der Waals surface area contributed by atoms with E-state index >= 15 is 0 Å². The third kappa shape index (κ3) is 7.31. The van der Waals surface area contributed by atoms with Crippen LogP contribution in [0.4, 0.5) is 11.4 Å².